The third-order valence-electron chi connectivity index (χ3n) is 1.60. The zero-order valence-corrected chi connectivity index (χ0v) is 6.79. The predicted octanol–water partition coefficient (Wildman–Crippen LogP) is -0.165. The van der Waals surface area contributed by atoms with Crippen molar-refractivity contribution in [2.45, 2.75) is 0 Å². The van der Waals surface area contributed by atoms with Gasteiger partial charge in [-0.3, -0.25) is 19.8 Å². The van der Waals surface area contributed by atoms with Crippen molar-refractivity contribution >= 4 is 11.9 Å². The van der Waals surface area contributed by atoms with E-state index < -0.39 is 0 Å². The second-order valence-electron chi connectivity index (χ2n) is 2.17. The average molecular weight is 140 g/mol. The van der Waals surface area contributed by atoms with E-state index in [2.05, 4.69) is 9.98 Å². The Bertz CT molecular complexity index is 160. The molecule has 1 aliphatic heterocycles. The van der Waals surface area contributed by atoms with Gasteiger partial charge in [0.15, 0.2) is 0 Å². The van der Waals surface area contributed by atoms with Crippen molar-refractivity contribution < 1.29 is 0 Å². The normalized spacial score (nSPS) is 17.2. The highest BCUT2D eigenvalue weighted by molar-refractivity contribution is 6.15. The van der Waals surface area contributed by atoms with E-state index in [1.54, 1.807) is 14.1 Å². The molecule has 1 fully saturated rings. The minimum atomic E-state index is 0.959. The molecule has 0 aromatic carbocycles. The van der Waals surface area contributed by atoms with E-state index in [-0.39, 0.29) is 0 Å². The minimum absolute atomic E-state index is 0.959. The van der Waals surface area contributed by atoms with Crippen molar-refractivity contribution in [2.24, 2.45) is 9.98 Å². The highest BCUT2D eigenvalue weighted by Gasteiger charge is 2.31. The van der Waals surface area contributed by atoms with Crippen LogP contribution in [0.5, 0.6) is 0 Å². The van der Waals surface area contributed by atoms with Crippen molar-refractivity contribution in [2.75, 3.05) is 28.2 Å². The largest absolute Gasteiger partial charge is 0.285 e. The lowest BCUT2D eigenvalue weighted by Crippen LogP contribution is -2.61. The summed E-state index contributed by atoms with van der Waals surface area (Å²) in [5.41, 5.74) is 0. The summed E-state index contributed by atoms with van der Waals surface area (Å²) in [6, 6.07) is 0. The van der Waals surface area contributed by atoms with E-state index in [0.29, 0.717) is 0 Å². The Labute approximate surface area is 60.9 Å². The molecule has 0 radical (unpaired) electrons. The second-order valence-corrected chi connectivity index (χ2v) is 2.17. The smallest absolute Gasteiger partial charge is 0.209 e. The van der Waals surface area contributed by atoms with Crippen molar-refractivity contribution in [3.05, 3.63) is 0 Å². The zero-order valence-electron chi connectivity index (χ0n) is 6.79. The maximum absolute atomic E-state index is 4.04. The van der Waals surface area contributed by atoms with Crippen molar-refractivity contribution in [1.29, 1.82) is 0 Å². The fourth-order valence-electron chi connectivity index (χ4n) is 1.18. The van der Waals surface area contributed by atoms with Gasteiger partial charge in [0.25, 0.3) is 0 Å². The molecule has 0 aliphatic carbocycles. The van der Waals surface area contributed by atoms with Crippen molar-refractivity contribution in [3.8, 4) is 0 Å². The first-order chi connectivity index (χ1) is 4.72. The molecular weight excluding hydrogens is 128 g/mol. The number of aliphatic imine (C=N–C) groups is 2. The van der Waals surface area contributed by atoms with Gasteiger partial charge in [0.2, 0.25) is 11.9 Å². The molecule has 0 aromatic heterocycles. The standard InChI is InChI=1S/C6H12N4/c1-7-5-9(3)6(8-2)10(5)4/h1-4H3. The highest BCUT2D eigenvalue weighted by atomic mass is 15.6. The first-order valence-electron chi connectivity index (χ1n) is 3.13. The second kappa shape index (κ2) is 2.28. The fraction of sp³-hybridized carbons (Fsp3) is 0.667. The maximum atomic E-state index is 4.04. The van der Waals surface area contributed by atoms with E-state index in [0.717, 1.165) is 11.9 Å². The van der Waals surface area contributed by atoms with Crippen LogP contribution in [0.1, 0.15) is 0 Å². The SMILES string of the molecule is CN=C1N(C)C(=NC)N1C. The van der Waals surface area contributed by atoms with Crippen LogP contribution in [0.3, 0.4) is 0 Å². The third-order valence-corrected chi connectivity index (χ3v) is 1.60. The van der Waals surface area contributed by atoms with Crippen LogP contribution in [-0.2, 0) is 0 Å². The molecule has 4 heteroatoms. The summed E-state index contributed by atoms with van der Waals surface area (Å²) in [5, 5.41) is 0. The molecule has 0 aromatic rings. The number of hydrogen-bond acceptors (Lipinski definition) is 2. The summed E-state index contributed by atoms with van der Waals surface area (Å²) in [5.74, 6) is 1.92. The molecule has 0 unspecified atom stereocenters. The van der Waals surface area contributed by atoms with Gasteiger partial charge in [-0.15, -0.1) is 0 Å². The molecule has 1 heterocycles. The first kappa shape index (κ1) is 7.05. The lowest BCUT2D eigenvalue weighted by molar-refractivity contribution is 0.458. The van der Waals surface area contributed by atoms with Crippen LogP contribution < -0.4 is 0 Å². The Balaban J connectivity index is 2.78. The molecule has 1 aliphatic rings. The number of hydrogen-bond donors (Lipinski definition) is 0. The van der Waals surface area contributed by atoms with Crippen molar-refractivity contribution in [1.82, 2.24) is 9.80 Å². The monoisotopic (exact) mass is 140 g/mol. The summed E-state index contributed by atoms with van der Waals surface area (Å²) < 4.78 is 0. The van der Waals surface area contributed by atoms with Crippen LogP contribution in [-0.4, -0.2) is 49.9 Å². The summed E-state index contributed by atoms with van der Waals surface area (Å²) in [7, 11) is 7.44. The van der Waals surface area contributed by atoms with Crippen LogP contribution in [0, 0.1) is 0 Å². The van der Waals surface area contributed by atoms with E-state index >= 15 is 0 Å². The molecule has 0 atom stereocenters. The van der Waals surface area contributed by atoms with Gasteiger partial charge in [-0.05, 0) is 0 Å². The molecule has 4 nitrogen and oxygen atoms in total. The Morgan fingerprint density at radius 2 is 1.20 bits per heavy atom. The molecule has 0 spiro atoms. The van der Waals surface area contributed by atoms with Crippen LogP contribution in [0.4, 0.5) is 0 Å². The van der Waals surface area contributed by atoms with E-state index in [4.69, 9.17) is 0 Å². The molecule has 0 bridgehead atoms. The molecule has 10 heavy (non-hydrogen) atoms. The van der Waals surface area contributed by atoms with Gasteiger partial charge < -0.3 is 0 Å². The van der Waals surface area contributed by atoms with Gasteiger partial charge in [-0.25, -0.2) is 0 Å². The molecule has 1 saturated heterocycles. The van der Waals surface area contributed by atoms with Gasteiger partial charge in [-0.1, -0.05) is 0 Å². The number of nitrogens with zero attached hydrogens (tertiary/aromatic N) is 4. The average Bonchev–Trinajstić information content (AvgIpc) is 1.90. The molecular formula is C6H12N4. The highest BCUT2D eigenvalue weighted by Crippen LogP contribution is 2.09. The van der Waals surface area contributed by atoms with E-state index in [9.17, 15) is 0 Å². The Morgan fingerprint density at radius 3 is 1.40 bits per heavy atom. The fourth-order valence-corrected chi connectivity index (χ4v) is 1.18. The quantitative estimate of drug-likeness (QED) is 0.468. The Hall–Kier alpha value is -1.06. The molecule has 56 valence electrons. The summed E-state index contributed by atoms with van der Waals surface area (Å²) >= 11 is 0. The number of guanidine groups is 2. The van der Waals surface area contributed by atoms with Crippen LogP contribution >= 0.6 is 0 Å². The van der Waals surface area contributed by atoms with E-state index in [1.165, 1.54) is 0 Å². The maximum Gasteiger partial charge on any atom is 0.209 e. The van der Waals surface area contributed by atoms with Crippen LogP contribution in [0.15, 0.2) is 9.98 Å². The third kappa shape index (κ3) is 0.683. The molecule has 0 amide bonds. The lowest BCUT2D eigenvalue weighted by Gasteiger charge is -2.41. The molecule has 0 saturated carbocycles. The van der Waals surface area contributed by atoms with Gasteiger partial charge in [-0.2, -0.15) is 0 Å². The van der Waals surface area contributed by atoms with Gasteiger partial charge in [0, 0.05) is 28.2 Å². The molecule has 0 N–H and O–H groups in total. The first-order valence-corrected chi connectivity index (χ1v) is 3.13. The van der Waals surface area contributed by atoms with Gasteiger partial charge in [0.05, 0.1) is 0 Å². The summed E-state index contributed by atoms with van der Waals surface area (Å²) in [4.78, 5) is 12.0. The summed E-state index contributed by atoms with van der Waals surface area (Å²) in [6.07, 6.45) is 0. The minimum Gasteiger partial charge on any atom is -0.285 e. The Morgan fingerprint density at radius 1 is 0.900 bits per heavy atom. The predicted molar refractivity (Wildman–Crippen MR) is 42.2 cm³/mol. The van der Waals surface area contributed by atoms with Crippen LogP contribution in [0.25, 0.3) is 0 Å². The van der Waals surface area contributed by atoms with Gasteiger partial charge >= 0.3 is 0 Å². The van der Waals surface area contributed by atoms with Crippen LogP contribution in [0.2, 0.25) is 0 Å². The number of rotatable bonds is 0. The topological polar surface area (TPSA) is 31.2 Å². The van der Waals surface area contributed by atoms with Crippen molar-refractivity contribution in [3.63, 3.8) is 0 Å². The van der Waals surface area contributed by atoms with Gasteiger partial charge in [0.1, 0.15) is 0 Å². The lowest BCUT2D eigenvalue weighted by atomic mass is 10.5. The molecule has 1 rings (SSSR count). The van der Waals surface area contributed by atoms with E-state index in [1.807, 2.05) is 23.9 Å². The Kier molecular flexibility index (Phi) is 1.61. The summed E-state index contributed by atoms with van der Waals surface area (Å²) in [6.45, 7) is 0. The zero-order chi connectivity index (χ0) is 7.72.